The molecule has 0 atom stereocenters. The standard InChI is InChI=1S/C13H13BrN4O/c1-7-10(14)3-2-4-11(7)18-13-9(12(16)19)5-8(15)6-17-13/h2-6H,15H2,1H3,(H2,16,19)(H,17,18). The number of nitrogens with one attached hydrogen (secondary N) is 1. The molecule has 0 radical (unpaired) electrons. The fourth-order valence-electron chi connectivity index (χ4n) is 1.64. The van der Waals surface area contributed by atoms with Gasteiger partial charge >= 0.3 is 0 Å². The second-order valence-corrected chi connectivity index (χ2v) is 4.92. The summed E-state index contributed by atoms with van der Waals surface area (Å²) in [4.78, 5) is 15.5. The van der Waals surface area contributed by atoms with Crippen molar-refractivity contribution in [1.82, 2.24) is 4.98 Å². The van der Waals surface area contributed by atoms with E-state index in [0.717, 1.165) is 15.7 Å². The van der Waals surface area contributed by atoms with Gasteiger partial charge in [-0.05, 0) is 30.7 Å². The predicted molar refractivity (Wildman–Crippen MR) is 79.3 cm³/mol. The quantitative estimate of drug-likeness (QED) is 0.810. The minimum Gasteiger partial charge on any atom is -0.397 e. The SMILES string of the molecule is Cc1c(Br)cccc1Nc1ncc(N)cc1C(N)=O. The van der Waals surface area contributed by atoms with Crippen LogP contribution < -0.4 is 16.8 Å². The van der Waals surface area contributed by atoms with Crippen LogP contribution in [-0.4, -0.2) is 10.9 Å². The molecule has 98 valence electrons. The van der Waals surface area contributed by atoms with E-state index in [1.165, 1.54) is 12.3 Å². The Kier molecular flexibility index (Phi) is 3.71. The van der Waals surface area contributed by atoms with E-state index in [1.807, 2.05) is 25.1 Å². The van der Waals surface area contributed by atoms with Crippen LogP contribution >= 0.6 is 15.9 Å². The molecule has 5 N–H and O–H groups in total. The summed E-state index contributed by atoms with van der Waals surface area (Å²) in [6.07, 6.45) is 1.47. The number of anilines is 3. The van der Waals surface area contributed by atoms with Gasteiger partial charge in [0.15, 0.2) is 0 Å². The number of rotatable bonds is 3. The molecular weight excluding hydrogens is 308 g/mol. The molecule has 0 saturated heterocycles. The molecule has 6 heteroatoms. The lowest BCUT2D eigenvalue weighted by Gasteiger charge is -2.12. The third-order valence-electron chi connectivity index (χ3n) is 2.70. The molecule has 1 aromatic heterocycles. The fourth-order valence-corrected chi connectivity index (χ4v) is 2.01. The van der Waals surface area contributed by atoms with Crippen molar-refractivity contribution in [2.24, 2.45) is 5.73 Å². The normalized spacial score (nSPS) is 10.2. The maximum absolute atomic E-state index is 11.4. The lowest BCUT2D eigenvalue weighted by Crippen LogP contribution is -2.15. The van der Waals surface area contributed by atoms with E-state index in [-0.39, 0.29) is 5.56 Å². The number of hydrogen-bond acceptors (Lipinski definition) is 4. The van der Waals surface area contributed by atoms with Crippen LogP contribution in [0.2, 0.25) is 0 Å². The molecule has 0 unspecified atom stereocenters. The number of nitrogen functional groups attached to an aromatic ring is 1. The summed E-state index contributed by atoms with van der Waals surface area (Å²) in [5.74, 6) is -0.183. The second-order valence-electron chi connectivity index (χ2n) is 4.07. The minimum atomic E-state index is -0.574. The number of pyridine rings is 1. The van der Waals surface area contributed by atoms with E-state index in [4.69, 9.17) is 11.5 Å². The number of hydrogen-bond donors (Lipinski definition) is 3. The van der Waals surface area contributed by atoms with Crippen molar-refractivity contribution in [3.63, 3.8) is 0 Å². The van der Waals surface area contributed by atoms with Crippen LogP contribution in [0, 0.1) is 6.92 Å². The zero-order chi connectivity index (χ0) is 14.0. The van der Waals surface area contributed by atoms with E-state index in [9.17, 15) is 4.79 Å². The number of benzene rings is 1. The number of nitrogens with zero attached hydrogens (tertiary/aromatic N) is 1. The summed E-state index contributed by atoms with van der Waals surface area (Å²) >= 11 is 3.45. The third kappa shape index (κ3) is 2.85. The summed E-state index contributed by atoms with van der Waals surface area (Å²) in [5.41, 5.74) is 13.4. The van der Waals surface area contributed by atoms with Crippen molar-refractivity contribution < 1.29 is 4.79 Å². The van der Waals surface area contributed by atoms with E-state index < -0.39 is 5.91 Å². The highest BCUT2D eigenvalue weighted by Crippen LogP contribution is 2.27. The molecule has 0 fully saturated rings. The zero-order valence-electron chi connectivity index (χ0n) is 10.3. The van der Waals surface area contributed by atoms with E-state index in [2.05, 4.69) is 26.2 Å². The molecule has 0 aliphatic heterocycles. The molecule has 1 amide bonds. The molecule has 0 saturated carbocycles. The highest BCUT2D eigenvalue weighted by Gasteiger charge is 2.11. The summed E-state index contributed by atoms with van der Waals surface area (Å²) in [5, 5.41) is 3.09. The number of carbonyl (C=O) groups is 1. The van der Waals surface area contributed by atoms with Crippen LogP contribution in [0.3, 0.4) is 0 Å². The van der Waals surface area contributed by atoms with Gasteiger partial charge in [-0.2, -0.15) is 0 Å². The number of amides is 1. The first-order valence-electron chi connectivity index (χ1n) is 5.56. The molecule has 0 spiro atoms. The van der Waals surface area contributed by atoms with Crippen molar-refractivity contribution in [1.29, 1.82) is 0 Å². The van der Waals surface area contributed by atoms with Crippen molar-refractivity contribution >= 4 is 39.0 Å². The Labute approximate surface area is 119 Å². The average Bonchev–Trinajstić information content (AvgIpc) is 2.36. The Bertz CT molecular complexity index is 643. The Balaban J connectivity index is 2.44. The summed E-state index contributed by atoms with van der Waals surface area (Å²) in [6, 6.07) is 7.22. The maximum atomic E-state index is 11.4. The van der Waals surface area contributed by atoms with Gasteiger partial charge in [-0.25, -0.2) is 4.98 Å². The number of halogens is 1. The van der Waals surface area contributed by atoms with Crippen LogP contribution in [0.4, 0.5) is 17.2 Å². The third-order valence-corrected chi connectivity index (χ3v) is 3.55. The van der Waals surface area contributed by atoms with Crippen LogP contribution in [0.5, 0.6) is 0 Å². The van der Waals surface area contributed by atoms with Gasteiger partial charge < -0.3 is 16.8 Å². The van der Waals surface area contributed by atoms with Gasteiger partial charge in [-0.15, -0.1) is 0 Å². The molecule has 2 aromatic rings. The fraction of sp³-hybridized carbons (Fsp3) is 0.0769. The summed E-state index contributed by atoms with van der Waals surface area (Å²) < 4.78 is 0.966. The number of primary amides is 1. The van der Waals surface area contributed by atoms with Gasteiger partial charge in [0.25, 0.3) is 5.91 Å². The van der Waals surface area contributed by atoms with Crippen LogP contribution in [-0.2, 0) is 0 Å². The molecule has 0 aliphatic rings. The monoisotopic (exact) mass is 320 g/mol. The van der Waals surface area contributed by atoms with Crippen molar-refractivity contribution in [2.75, 3.05) is 11.1 Å². The van der Waals surface area contributed by atoms with Crippen LogP contribution in [0.25, 0.3) is 0 Å². The molecule has 1 aromatic carbocycles. The Morgan fingerprint density at radius 1 is 1.42 bits per heavy atom. The minimum absolute atomic E-state index is 0.263. The van der Waals surface area contributed by atoms with Gasteiger partial charge in [0.1, 0.15) is 5.82 Å². The zero-order valence-corrected chi connectivity index (χ0v) is 11.9. The maximum Gasteiger partial charge on any atom is 0.252 e. The number of nitrogens with two attached hydrogens (primary N) is 2. The molecule has 1 heterocycles. The first-order valence-corrected chi connectivity index (χ1v) is 6.36. The number of aromatic nitrogens is 1. The highest BCUT2D eigenvalue weighted by molar-refractivity contribution is 9.10. The van der Waals surface area contributed by atoms with Gasteiger partial charge in [-0.1, -0.05) is 22.0 Å². The van der Waals surface area contributed by atoms with Crippen molar-refractivity contribution in [3.05, 3.63) is 46.1 Å². The second kappa shape index (κ2) is 5.27. The molecule has 2 rings (SSSR count). The predicted octanol–water partition coefficient (Wildman–Crippen LogP) is 2.58. The van der Waals surface area contributed by atoms with Gasteiger partial charge in [0, 0.05) is 10.2 Å². The van der Waals surface area contributed by atoms with Gasteiger partial charge in [0.2, 0.25) is 0 Å². The largest absolute Gasteiger partial charge is 0.397 e. The Hall–Kier alpha value is -2.08. The topological polar surface area (TPSA) is 94.0 Å². The summed E-state index contributed by atoms with van der Waals surface area (Å²) in [6.45, 7) is 1.95. The molecule has 0 aliphatic carbocycles. The van der Waals surface area contributed by atoms with Crippen molar-refractivity contribution in [2.45, 2.75) is 6.92 Å². The lowest BCUT2D eigenvalue weighted by molar-refractivity contribution is 0.100. The molecular formula is C13H13BrN4O. The van der Waals surface area contributed by atoms with E-state index in [0.29, 0.717) is 11.5 Å². The molecule has 5 nitrogen and oxygen atoms in total. The van der Waals surface area contributed by atoms with Crippen LogP contribution in [0.1, 0.15) is 15.9 Å². The number of carbonyl (C=O) groups excluding carboxylic acids is 1. The van der Waals surface area contributed by atoms with E-state index in [1.54, 1.807) is 0 Å². The molecule has 0 bridgehead atoms. The first-order chi connectivity index (χ1) is 8.99. The first kappa shape index (κ1) is 13.4. The highest BCUT2D eigenvalue weighted by atomic mass is 79.9. The summed E-state index contributed by atoms with van der Waals surface area (Å²) in [7, 11) is 0. The smallest absolute Gasteiger partial charge is 0.252 e. The Morgan fingerprint density at radius 3 is 2.84 bits per heavy atom. The van der Waals surface area contributed by atoms with Gasteiger partial charge in [-0.3, -0.25) is 4.79 Å². The average molecular weight is 321 g/mol. The van der Waals surface area contributed by atoms with Crippen LogP contribution in [0.15, 0.2) is 34.9 Å². The van der Waals surface area contributed by atoms with Gasteiger partial charge in [0.05, 0.1) is 17.4 Å². The van der Waals surface area contributed by atoms with Crippen molar-refractivity contribution in [3.8, 4) is 0 Å². The Morgan fingerprint density at radius 2 is 2.16 bits per heavy atom. The lowest BCUT2D eigenvalue weighted by atomic mass is 10.2. The van der Waals surface area contributed by atoms with E-state index >= 15 is 0 Å². The molecule has 19 heavy (non-hydrogen) atoms.